The molecule has 2 rings (SSSR count). The van der Waals surface area contributed by atoms with Crippen molar-refractivity contribution in [1.82, 2.24) is 4.90 Å². The van der Waals surface area contributed by atoms with Gasteiger partial charge in [0.25, 0.3) is 0 Å². The van der Waals surface area contributed by atoms with Crippen molar-refractivity contribution in [3.05, 3.63) is 35.9 Å². The maximum atomic E-state index is 12.5. The minimum Gasteiger partial charge on any atom is -0.445 e. The van der Waals surface area contributed by atoms with E-state index in [1.807, 2.05) is 44.2 Å². The van der Waals surface area contributed by atoms with Crippen LogP contribution < -0.4 is 0 Å². The Kier molecular flexibility index (Phi) is 6.88. The molecule has 1 fully saturated rings. The Hall–Kier alpha value is -1.37. The molecule has 5 nitrogen and oxygen atoms in total. The summed E-state index contributed by atoms with van der Waals surface area (Å²) < 4.78 is 11.7. The van der Waals surface area contributed by atoms with Crippen LogP contribution in [-0.2, 0) is 15.8 Å². The first kappa shape index (κ1) is 20.9. The third-order valence-electron chi connectivity index (χ3n) is 4.81. The predicted octanol–water partition coefficient (Wildman–Crippen LogP) is 3.10. The number of nitrogens with zero attached hydrogens (tertiary/aromatic N) is 1. The lowest BCUT2D eigenvalue weighted by Crippen LogP contribution is -2.54. The maximum absolute atomic E-state index is 12.5. The normalized spacial score (nSPS) is 22.0. The highest BCUT2D eigenvalue weighted by atomic mass is 28.2. The summed E-state index contributed by atoms with van der Waals surface area (Å²) >= 11 is 0. The van der Waals surface area contributed by atoms with Gasteiger partial charge in [-0.05, 0) is 30.9 Å². The van der Waals surface area contributed by atoms with E-state index in [4.69, 9.17) is 9.16 Å². The molecule has 1 aromatic carbocycles. The van der Waals surface area contributed by atoms with E-state index >= 15 is 0 Å². The van der Waals surface area contributed by atoms with Crippen LogP contribution in [0.3, 0.4) is 0 Å². The van der Waals surface area contributed by atoms with Crippen LogP contribution in [0.4, 0.5) is 4.79 Å². The maximum Gasteiger partial charge on any atom is 0.410 e. The summed E-state index contributed by atoms with van der Waals surface area (Å²) in [5, 5.41) is 10.7. The molecule has 1 amide bonds. The quantitative estimate of drug-likeness (QED) is 0.799. The number of rotatable bonds is 5. The second-order valence-electron chi connectivity index (χ2n) is 8.90. The van der Waals surface area contributed by atoms with Gasteiger partial charge in [-0.3, -0.25) is 0 Å². The molecule has 6 heteroatoms. The van der Waals surface area contributed by atoms with Gasteiger partial charge in [0.2, 0.25) is 0 Å². The van der Waals surface area contributed by atoms with Crippen LogP contribution in [0.2, 0.25) is 5.04 Å². The van der Waals surface area contributed by atoms with E-state index in [0.29, 0.717) is 19.5 Å². The molecule has 0 spiro atoms. The van der Waals surface area contributed by atoms with E-state index in [9.17, 15) is 9.90 Å². The van der Waals surface area contributed by atoms with Crippen molar-refractivity contribution in [3.63, 3.8) is 0 Å². The molecule has 0 bridgehead atoms. The summed E-state index contributed by atoms with van der Waals surface area (Å²) in [5.74, 6) is -0.115. The highest BCUT2D eigenvalue weighted by Crippen LogP contribution is 2.33. The molecule has 0 radical (unpaired) electrons. The molecule has 2 unspecified atom stereocenters. The second-order valence-corrected chi connectivity index (χ2v) is 11.6. The molecule has 0 aromatic heterocycles. The molecule has 0 saturated carbocycles. The SMILES string of the molecule is CC(C)(C)[SiH2]OC(C)(C)C1CN(C(=O)OCc2ccccc2)CCC1O. The summed E-state index contributed by atoms with van der Waals surface area (Å²) in [7, 11) is -0.749. The second kappa shape index (κ2) is 8.54. The van der Waals surface area contributed by atoms with Crippen molar-refractivity contribution in [1.29, 1.82) is 0 Å². The Morgan fingerprint density at radius 3 is 2.50 bits per heavy atom. The molecule has 0 aliphatic carbocycles. The standard InChI is InChI=1S/C20H33NO4Si/c1-19(2,3)26-25-20(4,5)16-13-21(12-11-17(16)22)18(23)24-14-15-9-7-6-8-10-15/h6-10,16-17,22H,11-14,26H2,1-5H3. The zero-order chi connectivity index (χ0) is 19.4. The summed E-state index contributed by atoms with van der Waals surface area (Å²) in [4.78, 5) is 14.2. The first-order chi connectivity index (χ1) is 12.1. The fraction of sp³-hybridized carbons (Fsp3) is 0.650. The van der Waals surface area contributed by atoms with Crippen molar-refractivity contribution >= 4 is 15.9 Å². The average Bonchev–Trinajstić information content (AvgIpc) is 2.58. The van der Waals surface area contributed by atoms with Crippen LogP contribution >= 0.6 is 0 Å². The van der Waals surface area contributed by atoms with Crippen LogP contribution in [0.5, 0.6) is 0 Å². The van der Waals surface area contributed by atoms with Crippen LogP contribution in [0.25, 0.3) is 0 Å². The number of aliphatic hydroxyl groups excluding tert-OH is 1. The third-order valence-corrected chi connectivity index (χ3v) is 6.56. The molecule has 1 aromatic rings. The molecular weight excluding hydrogens is 346 g/mol. The van der Waals surface area contributed by atoms with Gasteiger partial charge in [-0.2, -0.15) is 0 Å². The minimum atomic E-state index is -0.749. The Bertz CT molecular complexity index is 585. The van der Waals surface area contributed by atoms with Gasteiger partial charge in [0.1, 0.15) is 6.61 Å². The Morgan fingerprint density at radius 2 is 1.88 bits per heavy atom. The minimum absolute atomic E-state index is 0.115. The summed E-state index contributed by atoms with van der Waals surface area (Å²) in [6, 6.07) is 9.66. The summed E-state index contributed by atoms with van der Waals surface area (Å²) in [6.07, 6.45) is -0.235. The topological polar surface area (TPSA) is 59.0 Å². The van der Waals surface area contributed by atoms with E-state index in [2.05, 4.69) is 20.8 Å². The van der Waals surface area contributed by atoms with Crippen molar-refractivity contribution < 1.29 is 19.1 Å². The van der Waals surface area contributed by atoms with Gasteiger partial charge in [0, 0.05) is 19.0 Å². The van der Waals surface area contributed by atoms with E-state index in [0.717, 1.165) is 5.56 Å². The lowest BCUT2D eigenvalue weighted by Gasteiger charge is -2.44. The fourth-order valence-corrected chi connectivity index (χ4v) is 4.13. The van der Waals surface area contributed by atoms with Gasteiger partial charge in [-0.25, -0.2) is 4.79 Å². The molecule has 146 valence electrons. The number of carbonyl (C=O) groups excluding carboxylic acids is 1. The van der Waals surface area contributed by atoms with Crippen LogP contribution in [-0.4, -0.2) is 50.7 Å². The van der Waals surface area contributed by atoms with Crippen molar-refractivity contribution in [2.45, 2.75) is 64.4 Å². The first-order valence-electron chi connectivity index (χ1n) is 9.36. The van der Waals surface area contributed by atoms with Gasteiger partial charge in [0.05, 0.1) is 11.7 Å². The number of aliphatic hydroxyl groups is 1. The Morgan fingerprint density at radius 1 is 1.23 bits per heavy atom. The number of benzene rings is 1. The summed E-state index contributed by atoms with van der Waals surface area (Å²) in [6.45, 7) is 11.8. The molecule has 1 heterocycles. The number of amides is 1. The monoisotopic (exact) mass is 379 g/mol. The van der Waals surface area contributed by atoms with E-state index in [1.165, 1.54) is 0 Å². The number of hydrogen-bond donors (Lipinski definition) is 1. The molecule has 2 atom stereocenters. The van der Waals surface area contributed by atoms with Crippen LogP contribution in [0, 0.1) is 5.92 Å². The predicted molar refractivity (Wildman–Crippen MR) is 106 cm³/mol. The number of ether oxygens (including phenoxy) is 1. The van der Waals surface area contributed by atoms with Crippen molar-refractivity contribution in [2.24, 2.45) is 5.92 Å². The largest absolute Gasteiger partial charge is 0.445 e. The molecular formula is C20H33NO4Si. The molecule has 1 aliphatic heterocycles. The molecule has 1 saturated heterocycles. The van der Waals surface area contributed by atoms with Gasteiger partial charge >= 0.3 is 6.09 Å². The highest BCUT2D eigenvalue weighted by molar-refractivity contribution is 6.31. The van der Waals surface area contributed by atoms with Crippen LogP contribution in [0.1, 0.15) is 46.6 Å². The van der Waals surface area contributed by atoms with Crippen LogP contribution in [0.15, 0.2) is 30.3 Å². The zero-order valence-corrected chi connectivity index (χ0v) is 18.1. The number of piperidine rings is 1. The lowest BCUT2D eigenvalue weighted by atomic mass is 9.82. The lowest BCUT2D eigenvalue weighted by molar-refractivity contribution is -0.0677. The van der Waals surface area contributed by atoms with E-state index < -0.39 is 21.5 Å². The van der Waals surface area contributed by atoms with E-state index in [1.54, 1.807) is 4.90 Å². The fourth-order valence-electron chi connectivity index (χ4n) is 3.11. The highest BCUT2D eigenvalue weighted by Gasteiger charge is 2.41. The van der Waals surface area contributed by atoms with Crippen molar-refractivity contribution in [3.8, 4) is 0 Å². The zero-order valence-electron chi connectivity index (χ0n) is 16.7. The van der Waals surface area contributed by atoms with Gasteiger partial charge in [-0.15, -0.1) is 0 Å². The summed E-state index contributed by atoms with van der Waals surface area (Å²) in [5.41, 5.74) is 0.506. The van der Waals surface area contributed by atoms with Gasteiger partial charge in [0.15, 0.2) is 9.76 Å². The van der Waals surface area contributed by atoms with Gasteiger partial charge in [-0.1, -0.05) is 51.1 Å². The van der Waals surface area contributed by atoms with E-state index in [-0.39, 0.29) is 23.7 Å². The Labute approximate surface area is 159 Å². The smallest absolute Gasteiger partial charge is 0.410 e. The third kappa shape index (κ3) is 6.11. The van der Waals surface area contributed by atoms with Crippen molar-refractivity contribution in [2.75, 3.05) is 13.1 Å². The number of likely N-dealkylation sites (tertiary alicyclic amines) is 1. The molecule has 26 heavy (non-hydrogen) atoms. The number of hydrogen-bond acceptors (Lipinski definition) is 4. The van der Waals surface area contributed by atoms with Gasteiger partial charge < -0.3 is 19.2 Å². The molecule has 1 aliphatic rings. The first-order valence-corrected chi connectivity index (χ1v) is 10.6. The number of carbonyl (C=O) groups is 1. The average molecular weight is 380 g/mol. The molecule has 1 N–H and O–H groups in total. The Balaban J connectivity index is 1.94.